The number of ether oxygens (including phenoxy) is 3. The molecule has 35 heavy (non-hydrogen) atoms. The number of ketones is 1. The normalized spacial score (nSPS) is 64.9. The lowest BCUT2D eigenvalue weighted by Gasteiger charge is -2.61. The minimum absolute atomic E-state index is 0.0192. The first-order valence-electron chi connectivity index (χ1n) is 13.6. The predicted molar refractivity (Wildman–Crippen MR) is 125 cm³/mol. The van der Waals surface area contributed by atoms with E-state index in [4.69, 9.17) is 14.2 Å². The molecule has 6 fully saturated rings. The zero-order valence-corrected chi connectivity index (χ0v) is 21.5. The van der Waals surface area contributed by atoms with Gasteiger partial charge in [0, 0.05) is 12.3 Å². The monoisotopic (exact) mass is 488 g/mol. The van der Waals surface area contributed by atoms with Gasteiger partial charge >= 0.3 is 0 Å². The number of fused-ring (bicyclic) bond motifs is 9. The quantitative estimate of drug-likeness (QED) is 0.512. The molecule has 0 aromatic heterocycles. The molecule has 0 aromatic carbocycles. The first-order valence-corrected chi connectivity index (χ1v) is 13.6. The van der Waals surface area contributed by atoms with Crippen LogP contribution >= 0.6 is 0 Å². The largest absolute Gasteiger partial charge is 0.389 e. The number of hydrogen-bond donors (Lipinski definition) is 3. The van der Waals surface area contributed by atoms with Crippen LogP contribution in [0.5, 0.6) is 0 Å². The molecule has 0 bridgehead atoms. The molecule has 194 valence electrons. The average molecular weight is 489 g/mol. The minimum atomic E-state index is -1.14. The Morgan fingerprint density at radius 3 is 2.49 bits per heavy atom. The van der Waals surface area contributed by atoms with Gasteiger partial charge < -0.3 is 29.5 Å². The van der Waals surface area contributed by atoms with Crippen molar-refractivity contribution in [2.24, 2.45) is 34.5 Å². The summed E-state index contributed by atoms with van der Waals surface area (Å²) in [7, 11) is 0. The summed E-state index contributed by atoms with van der Waals surface area (Å²) in [6, 6.07) is 0. The third-order valence-electron chi connectivity index (χ3n) is 12.9. The van der Waals surface area contributed by atoms with Gasteiger partial charge in [-0.3, -0.25) is 4.79 Å². The summed E-state index contributed by atoms with van der Waals surface area (Å²) >= 11 is 0. The van der Waals surface area contributed by atoms with Crippen molar-refractivity contribution >= 4 is 5.78 Å². The predicted octanol–water partition coefficient (Wildman–Crippen LogP) is 2.50. The molecule has 3 N–H and O–H groups in total. The van der Waals surface area contributed by atoms with Crippen molar-refractivity contribution in [1.82, 2.24) is 0 Å². The summed E-state index contributed by atoms with van der Waals surface area (Å²) < 4.78 is 18.2. The van der Waals surface area contributed by atoms with Gasteiger partial charge in [0.05, 0.1) is 23.2 Å². The second kappa shape index (κ2) is 6.41. The molecule has 3 saturated carbocycles. The van der Waals surface area contributed by atoms with Gasteiger partial charge in [-0.05, 0) is 82.1 Å². The molecule has 7 heteroatoms. The van der Waals surface area contributed by atoms with E-state index >= 15 is 0 Å². The molecular weight excluding hydrogens is 448 g/mol. The van der Waals surface area contributed by atoms with Gasteiger partial charge in [-0.25, -0.2) is 0 Å². The number of carbonyl (C=O) groups excluding carboxylic acids is 1. The summed E-state index contributed by atoms with van der Waals surface area (Å²) in [5.41, 5.74) is -4.40. The van der Waals surface area contributed by atoms with Crippen LogP contribution in [0.3, 0.4) is 0 Å². The molecule has 0 spiro atoms. The van der Waals surface area contributed by atoms with E-state index in [0.29, 0.717) is 19.3 Å². The van der Waals surface area contributed by atoms with E-state index in [1.54, 1.807) is 12.2 Å². The zero-order chi connectivity index (χ0) is 25.0. The maximum Gasteiger partial charge on any atom is 0.186 e. The maximum atomic E-state index is 13.3. The van der Waals surface area contributed by atoms with E-state index in [0.717, 1.165) is 19.3 Å². The number of epoxide rings is 2. The molecule has 3 heterocycles. The highest BCUT2D eigenvalue weighted by atomic mass is 16.7. The molecule has 0 radical (unpaired) electrons. The van der Waals surface area contributed by atoms with Crippen molar-refractivity contribution < 1.29 is 34.3 Å². The minimum Gasteiger partial charge on any atom is -0.389 e. The van der Waals surface area contributed by atoms with Crippen molar-refractivity contribution in [3.63, 3.8) is 0 Å². The van der Waals surface area contributed by atoms with E-state index in [1.165, 1.54) is 0 Å². The van der Waals surface area contributed by atoms with E-state index in [-0.39, 0.29) is 53.2 Å². The Hall–Kier alpha value is -0.830. The Kier molecular flexibility index (Phi) is 4.27. The fourth-order valence-corrected chi connectivity index (χ4v) is 10.1. The van der Waals surface area contributed by atoms with Gasteiger partial charge in [0.15, 0.2) is 12.1 Å². The number of hydrogen-bond acceptors (Lipinski definition) is 7. The molecule has 3 saturated heterocycles. The Morgan fingerprint density at radius 1 is 1.06 bits per heavy atom. The van der Waals surface area contributed by atoms with Crippen molar-refractivity contribution in [3.05, 3.63) is 12.2 Å². The smallest absolute Gasteiger partial charge is 0.186 e. The summed E-state index contributed by atoms with van der Waals surface area (Å²) in [6.07, 6.45) is 6.03. The lowest BCUT2D eigenvalue weighted by molar-refractivity contribution is -0.235. The van der Waals surface area contributed by atoms with E-state index in [2.05, 4.69) is 13.8 Å². The summed E-state index contributed by atoms with van der Waals surface area (Å²) in [5, 5.41) is 34.8. The molecule has 0 amide bonds. The molecule has 7 nitrogen and oxygen atoms in total. The Balaban J connectivity index is 1.21. The first kappa shape index (κ1) is 23.3. The molecule has 7 rings (SSSR count). The zero-order valence-electron chi connectivity index (χ0n) is 21.5. The summed E-state index contributed by atoms with van der Waals surface area (Å²) in [4.78, 5) is 13.3. The van der Waals surface area contributed by atoms with Crippen LogP contribution in [-0.4, -0.2) is 68.1 Å². The van der Waals surface area contributed by atoms with Gasteiger partial charge in [-0.2, -0.15) is 0 Å². The van der Waals surface area contributed by atoms with Gasteiger partial charge in [0.2, 0.25) is 0 Å². The molecule has 3 aliphatic heterocycles. The van der Waals surface area contributed by atoms with Crippen LogP contribution in [0.15, 0.2) is 12.2 Å². The van der Waals surface area contributed by atoms with Crippen molar-refractivity contribution in [1.29, 1.82) is 0 Å². The number of rotatable bonds is 2. The van der Waals surface area contributed by atoms with E-state index < -0.39 is 34.1 Å². The van der Waals surface area contributed by atoms with Gasteiger partial charge in [0.1, 0.15) is 22.9 Å². The highest BCUT2D eigenvalue weighted by Gasteiger charge is 2.79. The van der Waals surface area contributed by atoms with Crippen LogP contribution in [0.4, 0.5) is 0 Å². The Morgan fingerprint density at radius 2 is 1.77 bits per heavy atom. The van der Waals surface area contributed by atoms with Crippen molar-refractivity contribution in [3.8, 4) is 0 Å². The second-order valence-corrected chi connectivity index (χ2v) is 13.8. The maximum absolute atomic E-state index is 13.3. The molecule has 4 aliphatic carbocycles. The van der Waals surface area contributed by atoms with E-state index in [1.807, 2.05) is 20.8 Å². The van der Waals surface area contributed by atoms with Gasteiger partial charge in [-0.1, -0.05) is 19.9 Å². The Bertz CT molecular complexity index is 1030. The molecule has 0 unspecified atom stereocenters. The standard InChI is InChI=1S/C28H40O7/c1-14(17-13-24(3)26(5,35-24)22(30)33-17)27(31)12-9-15-19-16(8-11-23(15,27)2)25(4)18(29)7-6-10-28(25,32)21-20(19)34-21/h6-7,14-17,19-22,30-32H,8-13H2,1-5H3/t14-,15+,16-,17-,19+,20+,21+,22-,23+,24+,25+,26-,27-,28+/m1/s1. The van der Waals surface area contributed by atoms with Crippen LogP contribution in [0.2, 0.25) is 0 Å². The fraction of sp³-hybridized carbons (Fsp3) is 0.893. The third kappa shape index (κ3) is 2.39. The fourth-order valence-electron chi connectivity index (χ4n) is 10.1. The lowest BCUT2D eigenvalue weighted by Crippen LogP contribution is -2.68. The number of aliphatic hydroxyl groups is 3. The molecular formula is C28H40O7. The number of carbonyl (C=O) groups is 1. The average Bonchev–Trinajstić information content (AvgIpc) is 3.67. The van der Waals surface area contributed by atoms with Crippen LogP contribution in [0.1, 0.15) is 73.1 Å². The Labute approximate surface area is 207 Å². The number of aliphatic hydroxyl groups excluding tert-OH is 1. The number of allylic oxidation sites excluding steroid dienone is 1. The summed E-state index contributed by atoms with van der Waals surface area (Å²) in [5.74, 6) is 0.226. The van der Waals surface area contributed by atoms with Crippen molar-refractivity contribution in [2.45, 2.75) is 120 Å². The SMILES string of the molecule is C[C@H]([C@H]1C[C@]2(C)O[C@]2(C)[C@H](O)O1)[C@]1(O)CC[C@H]2[C@@H]3[C@@H]4O[C@@H]4[C@@]4(O)CC=CC(=O)[C@]4(C)[C@@H]3CC[C@@]21C. The highest BCUT2D eigenvalue weighted by Crippen LogP contribution is 2.73. The van der Waals surface area contributed by atoms with Gasteiger partial charge in [-0.15, -0.1) is 0 Å². The molecule has 0 aromatic rings. The highest BCUT2D eigenvalue weighted by molar-refractivity contribution is 5.97. The molecule has 7 aliphatic rings. The second-order valence-electron chi connectivity index (χ2n) is 13.8. The van der Waals surface area contributed by atoms with Crippen LogP contribution in [-0.2, 0) is 19.0 Å². The topological polar surface area (TPSA) is 112 Å². The van der Waals surface area contributed by atoms with Crippen molar-refractivity contribution in [2.75, 3.05) is 0 Å². The van der Waals surface area contributed by atoms with Crippen LogP contribution in [0.25, 0.3) is 0 Å². The lowest BCUT2D eigenvalue weighted by atomic mass is 9.43. The molecule has 14 atom stereocenters. The summed E-state index contributed by atoms with van der Waals surface area (Å²) in [6.45, 7) is 10.2. The van der Waals surface area contributed by atoms with Crippen LogP contribution in [0, 0.1) is 34.5 Å². The van der Waals surface area contributed by atoms with E-state index in [9.17, 15) is 20.1 Å². The third-order valence-corrected chi connectivity index (χ3v) is 12.9. The first-order chi connectivity index (χ1) is 16.3. The van der Waals surface area contributed by atoms with Gasteiger partial charge in [0.25, 0.3) is 0 Å². The van der Waals surface area contributed by atoms with Crippen LogP contribution < -0.4 is 0 Å².